The van der Waals surface area contributed by atoms with Crippen LogP contribution in [0.2, 0.25) is 0 Å². The number of hydrogen-bond acceptors (Lipinski definition) is 2. The van der Waals surface area contributed by atoms with E-state index in [2.05, 4.69) is 32.8 Å². The Morgan fingerprint density at radius 1 is 1.46 bits per heavy atom. The average Bonchev–Trinajstić information content (AvgIpc) is 2.17. The summed E-state index contributed by atoms with van der Waals surface area (Å²) < 4.78 is 24.7. The van der Waals surface area contributed by atoms with Gasteiger partial charge in [-0.1, -0.05) is 28.1 Å². The highest BCUT2D eigenvalue weighted by molar-refractivity contribution is 9.10. The molecule has 0 fully saturated rings. The fourth-order valence-corrected chi connectivity index (χ4v) is 2.38. The standard InChI is InChI=1S/C8H14BrNO2S/c9-7-13(11,12)10-6-8-4-2-1-3-5-8/h1-2,8,10H,3-7H2. The van der Waals surface area contributed by atoms with Crippen LogP contribution in [0.1, 0.15) is 19.3 Å². The molecule has 0 saturated carbocycles. The minimum atomic E-state index is -3.08. The summed E-state index contributed by atoms with van der Waals surface area (Å²) >= 11 is 2.93. The third-order valence-corrected chi connectivity index (χ3v) is 4.82. The molecule has 1 rings (SSSR count). The van der Waals surface area contributed by atoms with Gasteiger partial charge in [-0.15, -0.1) is 0 Å². The van der Waals surface area contributed by atoms with Gasteiger partial charge in [-0.25, -0.2) is 13.1 Å². The van der Waals surface area contributed by atoms with Gasteiger partial charge in [0.25, 0.3) is 0 Å². The van der Waals surface area contributed by atoms with Gasteiger partial charge in [-0.05, 0) is 25.2 Å². The van der Waals surface area contributed by atoms with Gasteiger partial charge in [0.2, 0.25) is 10.0 Å². The molecule has 0 aliphatic heterocycles. The Balaban J connectivity index is 2.30. The summed E-state index contributed by atoms with van der Waals surface area (Å²) in [5.41, 5.74) is 0. The van der Waals surface area contributed by atoms with Crippen molar-refractivity contribution in [1.29, 1.82) is 0 Å². The van der Waals surface area contributed by atoms with E-state index in [1.807, 2.05) is 0 Å². The van der Waals surface area contributed by atoms with Gasteiger partial charge in [0.15, 0.2) is 0 Å². The molecule has 1 aliphatic carbocycles. The van der Waals surface area contributed by atoms with Crippen LogP contribution in [0.5, 0.6) is 0 Å². The molecule has 1 N–H and O–H groups in total. The van der Waals surface area contributed by atoms with Crippen molar-refractivity contribution < 1.29 is 8.42 Å². The van der Waals surface area contributed by atoms with Crippen molar-refractivity contribution in [3.05, 3.63) is 12.2 Å². The van der Waals surface area contributed by atoms with Crippen molar-refractivity contribution >= 4 is 26.0 Å². The molecule has 0 aromatic carbocycles. The van der Waals surface area contributed by atoms with Crippen LogP contribution in [0, 0.1) is 5.92 Å². The van der Waals surface area contributed by atoms with E-state index >= 15 is 0 Å². The zero-order valence-electron chi connectivity index (χ0n) is 7.37. The minimum Gasteiger partial charge on any atom is -0.214 e. The van der Waals surface area contributed by atoms with Gasteiger partial charge < -0.3 is 0 Å². The average molecular weight is 268 g/mol. The van der Waals surface area contributed by atoms with Crippen LogP contribution >= 0.6 is 15.9 Å². The Morgan fingerprint density at radius 3 is 2.77 bits per heavy atom. The van der Waals surface area contributed by atoms with Crippen molar-refractivity contribution in [2.45, 2.75) is 19.3 Å². The van der Waals surface area contributed by atoms with E-state index in [9.17, 15) is 8.42 Å². The molecule has 13 heavy (non-hydrogen) atoms. The van der Waals surface area contributed by atoms with Crippen LogP contribution in [0.4, 0.5) is 0 Å². The zero-order chi connectivity index (χ0) is 9.73. The molecule has 0 amide bonds. The molecular formula is C8H14BrNO2S. The smallest absolute Gasteiger partial charge is 0.214 e. The second-order valence-corrected chi connectivity index (χ2v) is 6.33. The normalized spacial score (nSPS) is 23.3. The van der Waals surface area contributed by atoms with Crippen LogP contribution < -0.4 is 4.72 Å². The van der Waals surface area contributed by atoms with Crippen LogP contribution in [0.25, 0.3) is 0 Å². The van der Waals surface area contributed by atoms with Crippen molar-refractivity contribution in [2.75, 3.05) is 11.2 Å². The molecule has 0 saturated heterocycles. The predicted molar refractivity (Wildman–Crippen MR) is 57.2 cm³/mol. The van der Waals surface area contributed by atoms with E-state index in [0.717, 1.165) is 19.3 Å². The van der Waals surface area contributed by atoms with E-state index in [4.69, 9.17) is 0 Å². The molecule has 3 nitrogen and oxygen atoms in total. The summed E-state index contributed by atoms with van der Waals surface area (Å²) in [5.74, 6) is 0.471. The summed E-state index contributed by atoms with van der Waals surface area (Å²) in [4.78, 5) is 0. The lowest BCUT2D eigenvalue weighted by Crippen LogP contribution is -2.30. The SMILES string of the molecule is O=S(=O)(CBr)NCC1CC=CCC1. The summed E-state index contributed by atoms with van der Waals surface area (Å²) in [7, 11) is -3.08. The van der Waals surface area contributed by atoms with Gasteiger partial charge in [0.1, 0.15) is 4.66 Å². The Hall–Kier alpha value is 0.130. The topological polar surface area (TPSA) is 46.2 Å². The van der Waals surface area contributed by atoms with E-state index in [1.165, 1.54) is 0 Å². The summed E-state index contributed by atoms with van der Waals surface area (Å²) in [6.45, 7) is 0.568. The number of rotatable bonds is 4. The lowest BCUT2D eigenvalue weighted by molar-refractivity contribution is 0.469. The highest BCUT2D eigenvalue weighted by atomic mass is 79.9. The molecule has 0 heterocycles. The molecule has 0 aromatic rings. The van der Waals surface area contributed by atoms with E-state index in [0.29, 0.717) is 12.5 Å². The van der Waals surface area contributed by atoms with Crippen LogP contribution in [-0.4, -0.2) is 19.6 Å². The first-order valence-corrected chi connectivity index (χ1v) is 7.10. The van der Waals surface area contributed by atoms with Gasteiger partial charge >= 0.3 is 0 Å². The Morgan fingerprint density at radius 2 is 2.23 bits per heavy atom. The molecule has 76 valence electrons. The molecule has 0 spiro atoms. The van der Waals surface area contributed by atoms with E-state index < -0.39 is 10.0 Å². The van der Waals surface area contributed by atoms with Gasteiger partial charge in [-0.2, -0.15) is 0 Å². The maximum Gasteiger partial charge on any atom is 0.221 e. The maximum atomic E-state index is 11.1. The maximum absolute atomic E-state index is 11.1. The fraction of sp³-hybridized carbons (Fsp3) is 0.750. The first-order chi connectivity index (χ1) is 6.14. The Bertz CT molecular complexity index is 274. The number of nitrogens with one attached hydrogen (secondary N) is 1. The fourth-order valence-electron chi connectivity index (χ4n) is 1.33. The Kier molecular flexibility index (Phi) is 4.41. The van der Waals surface area contributed by atoms with Crippen LogP contribution in [-0.2, 0) is 10.0 Å². The van der Waals surface area contributed by atoms with Crippen molar-refractivity contribution in [1.82, 2.24) is 4.72 Å². The van der Waals surface area contributed by atoms with E-state index in [-0.39, 0.29) is 4.66 Å². The van der Waals surface area contributed by atoms with Gasteiger partial charge in [0, 0.05) is 6.54 Å². The summed E-state index contributed by atoms with van der Waals surface area (Å²) in [5, 5.41) is 0. The van der Waals surface area contributed by atoms with E-state index in [1.54, 1.807) is 0 Å². The highest BCUT2D eigenvalue weighted by Crippen LogP contribution is 2.17. The first kappa shape index (κ1) is 11.2. The lowest BCUT2D eigenvalue weighted by Gasteiger charge is -2.17. The van der Waals surface area contributed by atoms with Gasteiger partial charge in [-0.3, -0.25) is 0 Å². The van der Waals surface area contributed by atoms with Gasteiger partial charge in [0.05, 0.1) is 0 Å². The molecule has 5 heteroatoms. The molecule has 1 atom stereocenters. The number of allylic oxidation sites excluding steroid dienone is 2. The number of hydrogen-bond donors (Lipinski definition) is 1. The molecule has 0 radical (unpaired) electrons. The van der Waals surface area contributed by atoms with Crippen molar-refractivity contribution in [2.24, 2.45) is 5.92 Å². The number of halogens is 1. The third kappa shape index (κ3) is 4.24. The largest absolute Gasteiger partial charge is 0.221 e. The second kappa shape index (κ2) is 5.12. The summed E-state index contributed by atoms with van der Waals surface area (Å²) in [6, 6.07) is 0. The van der Waals surface area contributed by atoms with Crippen molar-refractivity contribution in [3.8, 4) is 0 Å². The van der Waals surface area contributed by atoms with Crippen molar-refractivity contribution in [3.63, 3.8) is 0 Å². The zero-order valence-corrected chi connectivity index (χ0v) is 9.77. The Labute approximate surface area is 87.8 Å². The quantitative estimate of drug-likeness (QED) is 0.622. The molecular weight excluding hydrogens is 254 g/mol. The number of sulfonamides is 1. The van der Waals surface area contributed by atoms with Crippen LogP contribution in [0.3, 0.4) is 0 Å². The molecule has 1 unspecified atom stereocenters. The van der Waals surface area contributed by atoms with Crippen LogP contribution in [0.15, 0.2) is 12.2 Å². The minimum absolute atomic E-state index is 0.0113. The first-order valence-electron chi connectivity index (χ1n) is 4.32. The third-order valence-electron chi connectivity index (χ3n) is 2.11. The highest BCUT2D eigenvalue weighted by Gasteiger charge is 2.13. The summed E-state index contributed by atoms with van der Waals surface area (Å²) in [6.07, 6.45) is 7.42. The molecule has 0 bridgehead atoms. The monoisotopic (exact) mass is 267 g/mol. The lowest BCUT2D eigenvalue weighted by atomic mass is 9.95. The predicted octanol–water partition coefficient (Wildman–Crippen LogP) is 1.61. The molecule has 1 aliphatic rings. The molecule has 0 aromatic heterocycles. The second-order valence-electron chi connectivity index (χ2n) is 3.22. The number of alkyl halides is 1.